The second kappa shape index (κ2) is 2.49. The van der Waals surface area contributed by atoms with Gasteiger partial charge in [-0.2, -0.15) is 0 Å². The summed E-state index contributed by atoms with van der Waals surface area (Å²) in [7, 11) is 0. The van der Waals surface area contributed by atoms with Crippen LogP contribution in [0.5, 0.6) is 0 Å². The molecule has 5 bridgehead atoms. The lowest BCUT2D eigenvalue weighted by molar-refractivity contribution is 0.0241. The zero-order chi connectivity index (χ0) is 10.8. The first kappa shape index (κ1) is 8.99. The summed E-state index contributed by atoms with van der Waals surface area (Å²) in [4.78, 5) is 0. The molecule has 92 valence electrons. The van der Waals surface area contributed by atoms with E-state index in [0.29, 0.717) is 0 Å². The molecule has 6 aliphatic rings. The monoisotopic (exact) mass is 228 g/mol. The Balaban J connectivity index is 1.66. The van der Waals surface area contributed by atoms with Crippen molar-refractivity contribution in [2.45, 2.75) is 51.4 Å². The summed E-state index contributed by atoms with van der Waals surface area (Å²) in [5, 5.41) is 0. The van der Waals surface area contributed by atoms with Crippen molar-refractivity contribution in [3.63, 3.8) is 0 Å². The Hall–Kier alpha value is 0. The summed E-state index contributed by atoms with van der Waals surface area (Å²) >= 11 is 0. The SMILES string of the molecule is C1CC2CC3CC4C5CC6(C3)CC5C(C24)C6C1. The number of hydrogen-bond acceptors (Lipinski definition) is 0. The molecule has 0 saturated heterocycles. The van der Waals surface area contributed by atoms with Crippen molar-refractivity contribution in [3.8, 4) is 0 Å². The van der Waals surface area contributed by atoms with E-state index < -0.39 is 0 Å². The predicted molar refractivity (Wildman–Crippen MR) is 67.3 cm³/mol. The van der Waals surface area contributed by atoms with Crippen molar-refractivity contribution in [1.82, 2.24) is 0 Å². The topological polar surface area (TPSA) is 0 Å². The summed E-state index contributed by atoms with van der Waals surface area (Å²) in [6, 6.07) is 0. The quantitative estimate of drug-likeness (QED) is 0.585. The first-order valence-corrected chi connectivity index (χ1v) is 8.36. The Labute approximate surface area is 105 Å². The summed E-state index contributed by atoms with van der Waals surface area (Å²) in [6.07, 6.45) is 13.3. The highest BCUT2D eigenvalue weighted by Gasteiger charge is 2.73. The van der Waals surface area contributed by atoms with Gasteiger partial charge in [0.15, 0.2) is 0 Å². The van der Waals surface area contributed by atoms with Crippen LogP contribution in [0.4, 0.5) is 0 Å². The van der Waals surface area contributed by atoms with Crippen LogP contribution in [0.25, 0.3) is 0 Å². The van der Waals surface area contributed by atoms with Crippen LogP contribution in [0.1, 0.15) is 51.4 Å². The van der Waals surface area contributed by atoms with Gasteiger partial charge in [0, 0.05) is 0 Å². The van der Waals surface area contributed by atoms with Crippen LogP contribution in [-0.4, -0.2) is 0 Å². The molecule has 0 amide bonds. The van der Waals surface area contributed by atoms with Crippen molar-refractivity contribution < 1.29 is 0 Å². The molecule has 0 aromatic heterocycles. The Bertz CT molecular complexity index is 399. The Kier molecular flexibility index (Phi) is 1.32. The molecule has 0 aliphatic heterocycles. The minimum Gasteiger partial charge on any atom is -0.0527 e. The zero-order valence-electron chi connectivity index (χ0n) is 10.8. The maximum absolute atomic E-state index is 1.70. The average Bonchev–Trinajstić information content (AvgIpc) is 2.80. The number of fused-ring (bicyclic) bond motifs is 1. The van der Waals surface area contributed by atoms with E-state index in [4.69, 9.17) is 0 Å². The van der Waals surface area contributed by atoms with Crippen molar-refractivity contribution in [3.05, 3.63) is 0 Å². The third-order valence-corrected chi connectivity index (χ3v) is 8.64. The molecule has 6 saturated carbocycles. The third kappa shape index (κ3) is 0.790. The molecule has 0 nitrogen and oxygen atoms in total. The maximum atomic E-state index is 1.70. The molecule has 6 aliphatic carbocycles. The minimum atomic E-state index is 0.906. The van der Waals surface area contributed by atoms with Gasteiger partial charge < -0.3 is 0 Å². The van der Waals surface area contributed by atoms with Crippen LogP contribution in [0.2, 0.25) is 0 Å². The number of hydrogen-bond donors (Lipinski definition) is 0. The Morgan fingerprint density at radius 2 is 1.71 bits per heavy atom. The summed E-state index contributed by atoms with van der Waals surface area (Å²) < 4.78 is 0. The molecule has 0 heteroatoms. The lowest BCUT2D eigenvalue weighted by Crippen LogP contribution is -2.39. The largest absolute Gasteiger partial charge is 0.0527 e. The van der Waals surface area contributed by atoms with Gasteiger partial charge in [-0.25, -0.2) is 0 Å². The van der Waals surface area contributed by atoms with E-state index in [9.17, 15) is 0 Å². The van der Waals surface area contributed by atoms with Crippen LogP contribution in [0.15, 0.2) is 0 Å². The highest BCUT2D eigenvalue weighted by molar-refractivity contribution is 5.21. The van der Waals surface area contributed by atoms with E-state index in [1.165, 1.54) is 47.3 Å². The van der Waals surface area contributed by atoms with Crippen molar-refractivity contribution >= 4 is 0 Å². The molecule has 1 spiro atoms. The van der Waals surface area contributed by atoms with E-state index in [1.54, 1.807) is 51.4 Å². The van der Waals surface area contributed by atoms with Crippen LogP contribution in [0.3, 0.4) is 0 Å². The molecule has 9 atom stereocenters. The van der Waals surface area contributed by atoms with E-state index in [-0.39, 0.29) is 0 Å². The lowest BCUT2D eigenvalue weighted by Gasteiger charge is -2.46. The minimum absolute atomic E-state index is 0.906. The van der Waals surface area contributed by atoms with Gasteiger partial charge in [-0.15, -0.1) is 0 Å². The second-order valence-electron chi connectivity index (χ2n) is 8.76. The summed E-state index contributed by atoms with van der Waals surface area (Å²) in [5.41, 5.74) is 0.906. The van der Waals surface area contributed by atoms with Gasteiger partial charge in [-0.1, -0.05) is 12.8 Å². The van der Waals surface area contributed by atoms with E-state index in [2.05, 4.69) is 0 Å². The van der Waals surface area contributed by atoms with Gasteiger partial charge in [0.05, 0.1) is 0 Å². The van der Waals surface area contributed by atoms with Crippen LogP contribution >= 0.6 is 0 Å². The highest BCUT2D eigenvalue weighted by Crippen LogP contribution is 2.80. The molecule has 6 rings (SSSR count). The van der Waals surface area contributed by atoms with Gasteiger partial charge in [-0.05, 0) is 91.3 Å². The fourth-order valence-corrected chi connectivity index (χ4v) is 8.88. The van der Waals surface area contributed by atoms with Crippen molar-refractivity contribution in [2.24, 2.45) is 52.8 Å². The average molecular weight is 228 g/mol. The third-order valence-electron chi connectivity index (χ3n) is 8.64. The molecule has 17 heavy (non-hydrogen) atoms. The Morgan fingerprint density at radius 3 is 2.71 bits per heavy atom. The lowest BCUT2D eigenvalue weighted by atomic mass is 9.58. The fourth-order valence-electron chi connectivity index (χ4n) is 8.88. The first-order valence-electron chi connectivity index (χ1n) is 8.36. The summed E-state index contributed by atoms with van der Waals surface area (Å²) in [5.74, 6) is 9.74. The summed E-state index contributed by atoms with van der Waals surface area (Å²) in [6.45, 7) is 0. The van der Waals surface area contributed by atoms with Crippen LogP contribution < -0.4 is 0 Å². The molecular formula is C17H24. The Morgan fingerprint density at radius 1 is 0.765 bits per heavy atom. The first-order chi connectivity index (χ1) is 8.36. The maximum Gasteiger partial charge on any atom is -0.0258 e. The van der Waals surface area contributed by atoms with Gasteiger partial charge >= 0.3 is 0 Å². The van der Waals surface area contributed by atoms with Gasteiger partial charge in [-0.3, -0.25) is 0 Å². The molecule has 9 unspecified atom stereocenters. The van der Waals surface area contributed by atoms with Crippen molar-refractivity contribution in [1.29, 1.82) is 0 Å². The highest BCUT2D eigenvalue weighted by atomic mass is 14.8. The molecule has 0 radical (unpaired) electrons. The van der Waals surface area contributed by atoms with E-state index >= 15 is 0 Å². The smallest absolute Gasteiger partial charge is 0.0258 e. The van der Waals surface area contributed by atoms with Crippen molar-refractivity contribution in [2.75, 3.05) is 0 Å². The van der Waals surface area contributed by atoms with Gasteiger partial charge in [0.25, 0.3) is 0 Å². The van der Waals surface area contributed by atoms with Gasteiger partial charge in [0.1, 0.15) is 0 Å². The molecule has 0 aromatic rings. The predicted octanol–water partition coefficient (Wildman–Crippen LogP) is 4.10. The van der Waals surface area contributed by atoms with Crippen LogP contribution in [-0.2, 0) is 0 Å². The van der Waals surface area contributed by atoms with E-state index in [1.807, 2.05) is 0 Å². The number of rotatable bonds is 0. The van der Waals surface area contributed by atoms with E-state index in [0.717, 1.165) is 5.41 Å². The second-order valence-corrected chi connectivity index (χ2v) is 8.76. The zero-order valence-corrected chi connectivity index (χ0v) is 10.8. The molecule has 6 fully saturated rings. The van der Waals surface area contributed by atoms with Crippen LogP contribution in [0, 0.1) is 52.8 Å². The normalized spacial score (nSPS) is 73.4. The van der Waals surface area contributed by atoms with Gasteiger partial charge in [0.2, 0.25) is 0 Å². The fraction of sp³-hybridized carbons (Fsp3) is 1.00. The standard InChI is InChI=1S/C17H24/c1-2-10-4-9-5-11-12-7-17(6-9)8-13(12)16(15(10)11)14(17)3-1/h9-16H,1-8H2. The molecule has 0 N–H and O–H groups in total. The molecule has 0 aromatic carbocycles. The molecular weight excluding hydrogens is 204 g/mol. The molecule has 0 heterocycles.